The van der Waals surface area contributed by atoms with Crippen LogP contribution in [0.4, 0.5) is 5.69 Å². The molecule has 4 heterocycles. The van der Waals surface area contributed by atoms with E-state index >= 15 is 0 Å². The van der Waals surface area contributed by atoms with Crippen molar-refractivity contribution in [2.24, 2.45) is 0 Å². The Balaban J connectivity index is 1.55. The number of anilines is 1. The number of carbonyl (C=O) groups excluding carboxylic acids is 1. The highest BCUT2D eigenvalue weighted by atomic mass is 35.5. The van der Waals surface area contributed by atoms with Gasteiger partial charge in [0, 0.05) is 23.5 Å². The van der Waals surface area contributed by atoms with Gasteiger partial charge in [0.2, 0.25) is 12.3 Å². The molecular formula is C24H21ClN3O4S3+. The summed E-state index contributed by atoms with van der Waals surface area (Å²) < 4.78 is 15.7. The number of aromatic nitrogens is 2. The highest BCUT2D eigenvalue weighted by Crippen LogP contribution is 2.46. The molecule has 0 fully saturated rings. The van der Waals surface area contributed by atoms with Gasteiger partial charge in [-0.15, -0.1) is 11.3 Å². The minimum absolute atomic E-state index is 0.00568. The van der Waals surface area contributed by atoms with Crippen LogP contribution in [0.3, 0.4) is 0 Å². The average molecular weight is 547 g/mol. The standard InChI is InChI=1S/C24H21ClN3O4S3/c1-4-28-20(12-19-27(9-10-33-19)13-15-6-8-17(32-15)24(30)31-3)35-21(22(28)29)23-26(2)16-7-5-14(25)11-18(16)34-23/h5-12H,4,13H2,1-3H3/q+1/b23-21+. The van der Waals surface area contributed by atoms with Gasteiger partial charge in [0.25, 0.3) is 10.6 Å². The number of benzene rings is 1. The quantitative estimate of drug-likeness (QED) is 0.282. The molecule has 35 heavy (non-hydrogen) atoms. The van der Waals surface area contributed by atoms with Gasteiger partial charge in [0.1, 0.15) is 14.2 Å². The van der Waals surface area contributed by atoms with E-state index in [0.717, 1.165) is 25.3 Å². The van der Waals surface area contributed by atoms with Gasteiger partial charge in [-0.1, -0.05) is 34.7 Å². The molecule has 0 saturated heterocycles. The Kier molecular flexibility index (Phi) is 6.63. The molecule has 0 saturated carbocycles. The van der Waals surface area contributed by atoms with Crippen molar-refractivity contribution in [1.82, 2.24) is 4.57 Å². The smallest absolute Gasteiger partial charge is 0.373 e. The van der Waals surface area contributed by atoms with E-state index in [1.54, 1.807) is 39.8 Å². The van der Waals surface area contributed by atoms with Crippen LogP contribution in [0.1, 0.15) is 28.2 Å². The normalized spacial score (nSPS) is 15.1. The lowest BCUT2D eigenvalue weighted by Gasteiger charge is -2.12. The highest BCUT2D eigenvalue weighted by Gasteiger charge is 2.25. The monoisotopic (exact) mass is 546 g/mol. The van der Waals surface area contributed by atoms with Crippen LogP contribution in [0.25, 0.3) is 11.1 Å². The van der Waals surface area contributed by atoms with Crippen LogP contribution in [0, 0.1) is 0 Å². The Morgan fingerprint density at radius 2 is 2.11 bits per heavy atom. The molecule has 3 aromatic heterocycles. The predicted molar refractivity (Wildman–Crippen MR) is 140 cm³/mol. The van der Waals surface area contributed by atoms with Gasteiger partial charge in [-0.25, -0.2) is 4.79 Å². The first-order valence-electron chi connectivity index (χ1n) is 10.7. The van der Waals surface area contributed by atoms with Crippen molar-refractivity contribution in [3.8, 4) is 0 Å². The second-order valence-electron chi connectivity index (χ2n) is 7.67. The summed E-state index contributed by atoms with van der Waals surface area (Å²) in [4.78, 5) is 28.2. The number of thioether (sulfide) groups is 1. The fourth-order valence-corrected chi connectivity index (χ4v) is 7.40. The lowest BCUT2D eigenvalue weighted by molar-refractivity contribution is -0.686. The van der Waals surface area contributed by atoms with E-state index in [1.807, 2.05) is 54.4 Å². The summed E-state index contributed by atoms with van der Waals surface area (Å²) >= 11 is 10.8. The Morgan fingerprint density at radius 1 is 1.29 bits per heavy atom. The van der Waals surface area contributed by atoms with E-state index in [2.05, 4.69) is 4.90 Å². The van der Waals surface area contributed by atoms with E-state index < -0.39 is 5.97 Å². The van der Waals surface area contributed by atoms with E-state index in [9.17, 15) is 9.59 Å². The topological polar surface area (TPSA) is 68.6 Å². The first-order chi connectivity index (χ1) is 16.9. The number of methoxy groups -OCH3 is 1. The molecule has 1 aliphatic rings. The number of nitrogens with zero attached hydrogens (tertiary/aromatic N) is 3. The maximum Gasteiger partial charge on any atom is 0.373 e. The number of esters is 1. The Bertz CT molecular complexity index is 1620. The number of hydrogen-bond donors (Lipinski definition) is 0. The summed E-state index contributed by atoms with van der Waals surface area (Å²) in [6.45, 7) is 2.99. The van der Waals surface area contributed by atoms with Gasteiger partial charge in [-0.2, -0.15) is 4.57 Å². The van der Waals surface area contributed by atoms with Gasteiger partial charge in [-0.3, -0.25) is 9.36 Å². The van der Waals surface area contributed by atoms with Gasteiger partial charge >= 0.3 is 5.97 Å². The maximum absolute atomic E-state index is 13.4. The fraction of sp³-hybridized carbons (Fsp3) is 0.208. The van der Waals surface area contributed by atoms with Crippen molar-refractivity contribution in [3.05, 3.63) is 83.0 Å². The summed E-state index contributed by atoms with van der Waals surface area (Å²) in [5.41, 5.74) is 1.03. The molecule has 1 aromatic carbocycles. The second-order valence-corrected chi connectivity index (χ2v) is 11.1. The van der Waals surface area contributed by atoms with Gasteiger partial charge in [-0.05, 0) is 37.3 Å². The van der Waals surface area contributed by atoms with E-state index in [1.165, 1.54) is 18.4 Å². The molecule has 0 bridgehead atoms. The average Bonchev–Trinajstić information content (AvgIpc) is 3.62. The largest absolute Gasteiger partial charge is 0.463 e. The molecule has 5 rings (SSSR count). The Morgan fingerprint density at radius 3 is 2.89 bits per heavy atom. The van der Waals surface area contributed by atoms with Crippen LogP contribution in [-0.2, 0) is 17.8 Å². The SMILES string of the molecule is CCn1c(=O)/c(=C2\Sc3cc(Cl)ccc3N2C)s/c1=C\c1scc[n+]1Cc1ccc(C(=O)OC)o1. The van der Waals surface area contributed by atoms with Crippen LogP contribution in [0.5, 0.6) is 0 Å². The lowest BCUT2D eigenvalue weighted by Crippen LogP contribution is -2.36. The van der Waals surface area contributed by atoms with Crippen LogP contribution in [0.15, 0.2) is 56.0 Å². The van der Waals surface area contributed by atoms with Gasteiger partial charge in [0.05, 0.1) is 24.3 Å². The molecule has 11 heteroatoms. The van der Waals surface area contributed by atoms with Crippen molar-refractivity contribution in [2.45, 2.75) is 24.9 Å². The van der Waals surface area contributed by atoms with Crippen LogP contribution in [-0.4, -0.2) is 24.7 Å². The zero-order valence-electron chi connectivity index (χ0n) is 19.1. The summed E-state index contributed by atoms with van der Waals surface area (Å²) in [6, 6.07) is 9.14. The Hall–Kier alpha value is -2.79. The van der Waals surface area contributed by atoms with Gasteiger partial charge in [0.15, 0.2) is 12.0 Å². The van der Waals surface area contributed by atoms with Crippen molar-refractivity contribution >= 4 is 68.8 Å². The molecular weight excluding hydrogens is 526 g/mol. The summed E-state index contributed by atoms with van der Waals surface area (Å²) in [6.07, 6.45) is 3.98. The van der Waals surface area contributed by atoms with Crippen LogP contribution >= 0.6 is 46.0 Å². The van der Waals surface area contributed by atoms with Crippen molar-refractivity contribution < 1.29 is 18.5 Å². The molecule has 0 unspecified atom stereocenters. The number of hydrogen-bond acceptors (Lipinski definition) is 8. The summed E-state index contributed by atoms with van der Waals surface area (Å²) in [5, 5.41) is 4.52. The van der Waals surface area contributed by atoms with Crippen molar-refractivity contribution in [3.63, 3.8) is 0 Å². The number of furan rings is 1. The van der Waals surface area contributed by atoms with E-state index in [-0.39, 0.29) is 11.3 Å². The number of ether oxygens (including phenoxy) is 1. The highest BCUT2D eigenvalue weighted by molar-refractivity contribution is 8.08. The van der Waals surface area contributed by atoms with E-state index in [4.69, 9.17) is 20.8 Å². The molecule has 0 aliphatic carbocycles. The number of carbonyl (C=O) groups is 1. The molecule has 180 valence electrons. The molecule has 0 amide bonds. The zero-order valence-corrected chi connectivity index (χ0v) is 22.3. The van der Waals surface area contributed by atoms with E-state index in [0.29, 0.717) is 28.4 Å². The summed E-state index contributed by atoms with van der Waals surface area (Å²) in [7, 11) is 3.29. The third kappa shape index (κ3) is 4.47. The number of thiazole rings is 2. The number of fused-ring (bicyclic) bond motifs is 1. The molecule has 0 atom stereocenters. The molecule has 1 aliphatic heterocycles. The minimum atomic E-state index is -0.506. The fourth-order valence-electron chi connectivity index (χ4n) is 3.80. The number of rotatable bonds is 5. The number of halogens is 1. The predicted octanol–water partition coefficient (Wildman–Crippen LogP) is 3.50. The van der Waals surface area contributed by atoms with Crippen LogP contribution in [0.2, 0.25) is 5.02 Å². The molecule has 0 radical (unpaired) electrons. The first kappa shape index (κ1) is 23.9. The third-order valence-electron chi connectivity index (χ3n) is 5.55. The Labute approximate surface area is 218 Å². The summed E-state index contributed by atoms with van der Waals surface area (Å²) in [5.74, 6) is 0.302. The third-order valence-corrected chi connectivity index (χ3v) is 9.10. The molecule has 0 spiro atoms. The first-order valence-corrected chi connectivity index (χ1v) is 13.6. The maximum atomic E-state index is 13.4. The second kappa shape index (κ2) is 9.69. The van der Waals surface area contributed by atoms with Gasteiger partial charge < -0.3 is 14.1 Å². The van der Waals surface area contributed by atoms with Crippen molar-refractivity contribution in [2.75, 3.05) is 19.1 Å². The van der Waals surface area contributed by atoms with Crippen LogP contribution < -0.4 is 24.2 Å². The lowest BCUT2D eigenvalue weighted by atomic mass is 10.3. The minimum Gasteiger partial charge on any atom is -0.463 e. The zero-order chi connectivity index (χ0) is 24.7. The van der Waals surface area contributed by atoms with Crippen molar-refractivity contribution in [1.29, 1.82) is 0 Å². The molecule has 7 nitrogen and oxygen atoms in total. The molecule has 4 aromatic rings. The molecule has 0 N–H and O–H groups in total.